The minimum atomic E-state index is -0.575. The van der Waals surface area contributed by atoms with E-state index in [1.54, 1.807) is 0 Å². The standard InChI is InChI=1S/C12H22O2/c1-3-12(4-2,11(13)14)10-8-6-5-7-9-10/h10H,3-9H2,1-2H3,(H,13,14). The van der Waals surface area contributed by atoms with Gasteiger partial charge in [-0.3, -0.25) is 4.79 Å². The van der Waals surface area contributed by atoms with Crippen LogP contribution in [0.15, 0.2) is 0 Å². The normalized spacial score (nSPS) is 19.6. The van der Waals surface area contributed by atoms with Crippen molar-refractivity contribution in [2.45, 2.75) is 58.8 Å². The van der Waals surface area contributed by atoms with E-state index in [-0.39, 0.29) is 0 Å². The van der Waals surface area contributed by atoms with E-state index in [0.29, 0.717) is 5.92 Å². The minimum Gasteiger partial charge on any atom is -0.481 e. The third-order valence-electron chi connectivity index (χ3n) is 4.07. The van der Waals surface area contributed by atoms with Crippen LogP contribution in [0.2, 0.25) is 0 Å². The molecule has 1 aliphatic carbocycles. The summed E-state index contributed by atoms with van der Waals surface area (Å²) < 4.78 is 0. The van der Waals surface area contributed by atoms with Crippen molar-refractivity contribution in [3.05, 3.63) is 0 Å². The molecule has 0 saturated heterocycles. The highest BCUT2D eigenvalue weighted by molar-refractivity contribution is 5.75. The van der Waals surface area contributed by atoms with Gasteiger partial charge in [-0.1, -0.05) is 33.1 Å². The van der Waals surface area contributed by atoms with Crippen molar-refractivity contribution in [3.63, 3.8) is 0 Å². The minimum absolute atomic E-state index is 0.420. The third-order valence-corrected chi connectivity index (χ3v) is 4.07. The van der Waals surface area contributed by atoms with E-state index in [4.69, 9.17) is 0 Å². The first kappa shape index (κ1) is 11.5. The van der Waals surface area contributed by atoms with Crippen LogP contribution >= 0.6 is 0 Å². The van der Waals surface area contributed by atoms with Crippen molar-refractivity contribution in [2.75, 3.05) is 0 Å². The number of aliphatic carboxylic acids is 1. The first-order valence-electron chi connectivity index (χ1n) is 5.90. The van der Waals surface area contributed by atoms with Crippen LogP contribution in [0.25, 0.3) is 0 Å². The smallest absolute Gasteiger partial charge is 0.309 e. The van der Waals surface area contributed by atoms with Gasteiger partial charge in [0, 0.05) is 0 Å². The van der Waals surface area contributed by atoms with Crippen LogP contribution in [0.4, 0.5) is 0 Å². The fraction of sp³-hybridized carbons (Fsp3) is 0.917. The predicted octanol–water partition coefficient (Wildman–Crippen LogP) is 3.46. The molecule has 1 fully saturated rings. The van der Waals surface area contributed by atoms with E-state index < -0.39 is 11.4 Å². The zero-order valence-electron chi connectivity index (χ0n) is 9.38. The Morgan fingerprint density at radius 2 is 1.71 bits per heavy atom. The van der Waals surface area contributed by atoms with Crippen LogP contribution in [0.5, 0.6) is 0 Å². The van der Waals surface area contributed by atoms with Gasteiger partial charge in [0.25, 0.3) is 0 Å². The fourth-order valence-corrected chi connectivity index (χ4v) is 2.96. The summed E-state index contributed by atoms with van der Waals surface area (Å²) in [6.07, 6.45) is 7.54. The SMILES string of the molecule is CCC(CC)(C(=O)O)C1CCCCC1. The van der Waals surface area contributed by atoms with Crippen LogP contribution in [0.3, 0.4) is 0 Å². The molecule has 0 unspecified atom stereocenters. The molecule has 0 aromatic carbocycles. The Morgan fingerprint density at radius 3 is 2.07 bits per heavy atom. The Kier molecular flexibility index (Phi) is 3.97. The maximum atomic E-state index is 11.4. The Bertz CT molecular complexity index is 188. The van der Waals surface area contributed by atoms with Crippen molar-refractivity contribution in [1.82, 2.24) is 0 Å². The number of hydrogen-bond acceptors (Lipinski definition) is 1. The van der Waals surface area contributed by atoms with Gasteiger partial charge in [0.05, 0.1) is 5.41 Å². The lowest BCUT2D eigenvalue weighted by Gasteiger charge is -2.38. The van der Waals surface area contributed by atoms with Crippen molar-refractivity contribution in [2.24, 2.45) is 11.3 Å². The Labute approximate surface area is 86.7 Å². The lowest BCUT2D eigenvalue weighted by molar-refractivity contribution is -0.154. The number of carboxylic acid groups (broad SMARTS) is 1. The van der Waals surface area contributed by atoms with E-state index in [0.717, 1.165) is 25.7 Å². The molecule has 0 radical (unpaired) electrons. The molecule has 82 valence electrons. The third kappa shape index (κ3) is 1.94. The molecule has 1 rings (SSSR count). The van der Waals surface area contributed by atoms with Crippen molar-refractivity contribution in [3.8, 4) is 0 Å². The molecule has 0 amide bonds. The fourth-order valence-electron chi connectivity index (χ4n) is 2.96. The number of hydrogen-bond donors (Lipinski definition) is 1. The summed E-state index contributed by atoms with van der Waals surface area (Å²) >= 11 is 0. The van der Waals surface area contributed by atoms with Crippen molar-refractivity contribution < 1.29 is 9.90 Å². The molecule has 1 saturated carbocycles. The topological polar surface area (TPSA) is 37.3 Å². The second-order valence-electron chi connectivity index (χ2n) is 4.50. The van der Waals surface area contributed by atoms with Crippen LogP contribution in [0.1, 0.15) is 58.8 Å². The second-order valence-corrected chi connectivity index (χ2v) is 4.50. The molecule has 0 aromatic heterocycles. The molecule has 14 heavy (non-hydrogen) atoms. The lowest BCUT2D eigenvalue weighted by Crippen LogP contribution is -2.38. The number of carboxylic acids is 1. The van der Waals surface area contributed by atoms with E-state index in [9.17, 15) is 9.90 Å². The van der Waals surface area contributed by atoms with Gasteiger partial charge < -0.3 is 5.11 Å². The average Bonchev–Trinajstić information content (AvgIpc) is 2.22. The summed E-state index contributed by atoms with van der Waals surface area (Å²) in [5.74, 6) is -0.154. The molecule has 2 nitrogen and oxygen atoms in total. The van der Waals surface area contributed by atoms with Crippen LogP contribution in [-0.4, -0.2) is 11.1 Å². The Hall–Kier alpha value is -0.530. The first-order valence-corrected chi connectivity index (χ1v) is 5.90. The Morgan fingerprint density at radius 1 is 1.21 bits per heavy atom. The van der Waals surface area contributed by atoms with Gasteiger partial charge in [-0.2, -0.15) is 0 Å². The van der Waals surface area contributed by atoms with Gasteiger partial charge in [-0.15, -0.1) is 0 Å². The summed E-state index contributed by atoms with van der Waals surface area (Å²) in [6, 6.07) is 0. The largest absolute Gasteiger partial charge is 0.481 e. The average molecular weight is 198 g/mol. The maximum absolute atomic E-state index is 11.4. The molecular weight excluding hydrogens is 176 g/mol. The van der Waals surface area contributed by atoms with Gasteiger partial charge in [-0.05, 0) is 31.6 Å². The van der Waals surface area contributed by atoms with E-state index in [1.807, 2.05) is 13.8 Å². The molecule has 0 atom stereocenters. The highest BCUT2D eigenvalue weighted by Crippen LogP contribution is 2.43. The van der Waals surface area contributed by atoms with E-state index in [2.05, 4.69) is 0 Å². The van der Waals surface area contributed by atoms with Gasteiger partial charge in [0.2, 0.25) is 0 Å². The zero-order valence-corrected chi connectivity index (χ0v) is 9.38. The summed E-state index contributed by atoms with van der Waals surface area (Å²) in [6.45, 7) is 4.04. The quantitative estimate of drug-likeness (QED) is 0.751. The molecule has 0 aliphatic heterocycles. The zero-order chi connectivity index (χ0) is 10.6. The van der Waals surface area contributed by atoms with Gasteiger partial charge in [-0.25, -0.2) is 0 Å². The highest BCUT2D eigenvalue weighted by Gasteiger charge is 2.42. The van der Waals surface area contributed by atoms with Crippen LogP contribution in [-0.2, 0) is 4.79 Å². The lowest BCUT2D eigenvalue weighted by atomic mass is 9.66. The maximum Gasteiger partial charge on any atom is 0.309 e. The molecule has 0 aromatic rings. The molecule has 0 heterocycles. The highest BCUT2D eigenvalue weighted by atomic mass is 16.4. The molecule has 0 bridgehead atoms. The molecule has 1 aliphatic rings. The monoisotopic (exact) mass is 198 g/mol. The molecule has 1 N–H and O–H groups in total. The predicted molar refractivity (Wildman–Crippen MR) is 57.2 cm³/mol. The van der Waals surface area contributed by atoms with Gasteiger partial charge in [0.15, 0.2) is 0 Å². The van der Waals surface area contributed by atoms with Crippen LogP contribution < -0.4 is 0 Å². The molecule has 0 spiro atoms. The number of carbonyl (C=O) groups is 1. The van der Waals surface area contributed by atoms with E-state index in [1.165, 1.54) is 19.3 Å². The summed E-state index contributed by atoms with van der Waals surface area (Å²) in [7, 11) is 0. The summed E-state index contributed by atoms with van der Waals surface area (Å²) in [5, 5.41) is 9.38. The van der Waals surface area contributed by atoms with Gasteiger partial charge in [0.1, 0.15) is 0 Å². The van der Waals surface area contributed by atoms with Crippen molar-refractivity contribution >= 4 is 5.97 Å². The number of rotatable bonds is 4. The Balaban J connectivity index is 2.78. The second kappa shape index (κ2) is 4.81. The summed E-state index contributed by atoms with van der Waals surface area (Å²) in [5.41, 5.74) is -0.430. The molecule has 2 heteroatoms. The van der Waals surface area contributed by atoms with E-state index >= 15 is 0 Å². The van der Waals surface area contributed by atoms with Crippen LogP contribution in [0, 0.1) is 11.3 Å². The van der Waals surface area contributed by atoms with Gasteiger partial charge >= 0.3 is 5.97 Å². The van der Waals surface area contributed by atoms with Crippen molar-refractivity contribution in [1.29, 1.82) is 0 Å². The summed E-state index contributed by atoms with van der Waals surface area (Å²) in [4.78, 5) is 11.4. The molecular formula is C12H22O2. The first-order chi connectivity index (χ1) is 6.67.